The Hall–Kier alpha value is -1.71. The number of carbonyl (C=O) groups is 1. The topological polar surface area (TPSA) is 55.8 Å². The summed E-state index contributed by atoms with van der Waals surface area (Å²) in [5.41, 5.74) is 1.05. The van der Waals surface area contributed by atoms with Gasteiger partial charge < -0.3 is 14.6 Å². The van der Waals surface area contributed by atoms with Crippen LogP contribution in [0, 0.1) is 6.92 Å². The van der Waals surface area contributed by atoms with E-state index in [1.165, 1.54) is 6.07 Å². The third-order valence-corrected chi connectivity index (χ3v) is 2.12. The van der Waals surface area contributed by atoms with Gasteiger partial charge in [-0.05, 0) is 18.6 Å². The average Bonchev–Trinajstić information content (AvgIpc) is 2.18. The summed E-state index contributed by atoms with van der Waals surface area (Å²) < 4.78 is 10.6. The summed E-state index contributed by atoms with van der Waals surface area (Å²) in [6, 6.07) is 3.25. The summed E-state index contributed by atoms with van der Waals surface area (Å²) in [4.78, 5) is 10.8. The first-order chi connectivity index (χ1) is 6.70. The molecule has 1 aliphatic heterocycles. The van der Waals surface area contributed by atoms with Crippen LogP contribution in [0.15, 0.2) is 12.1 Å². The molecule has 0 spiro atoms. The molecule has 0 aliphatic carbocycles. The van der Waals surface area contributed by atoms with Crippen molar-refractivity contribution in [2.75, 3.05) is 13.2 Å². The maximum absolute atomic E-state index is 10.8. The molecule has 74 valence electrons. The number of aryl methyl sites for hydroxylation is 1. The second-order valence-electron chi connectivity index (χ2n) is 3.09. The third kappa shape index (κ3) is 1.28. The Morgan fingerprint density at radius 1 is 1.29 bits per heavy atom. The van der Waals surface area contributed by atoms with Gasteiger partial charge in [0.2, 0.25) is 0 Å². The summed E-state index contributed by atoms with van der Waals surface area (Å²) in [7, 11) is 0. The molecule has 0 fully saturated rings. The van der Waals surface area contributed by atoms with Crippen LogP contribution < -0.4 is 9.47 Å². The molecule has 0 bridgehead atoms. The number of carboxylic acids is 1. The van der Waals surface area contributed by atoms with Crippen LogP contribution in [0.4, 0.5) is 0 Å². The summed E-state index contributed by atoms with van der Waals surface area (Å²) in [6.45, 7) is 2.73. The van der Waals surface area contributed by atoms with Gasteiger partial charge in [0, 0.05) is 0 Å². The fraction of sp³-hybridized carbons (Fsp3) is 0.300. The smallest absolute Gasteiger partial charge is 0.339 e. The van der Waals surface area contributed by atoms with E-state index in [2.05, 4.69) is 0 Å². The molecule has 1 aliphatic rings. The predicted molar refractivity (Wildman–Crippen MR) is 49.1 cm³/mol. The van der Waals surface area contributed by atoms with E-state index in [4.69, 9.17) is 14.6 Å². The molecule has 0 saturated carbocycles. The SMILES string of the molecule is Cc1ccc(C(=O)O)c2c1OCCO2. The fourth-order valence-corrected chi connectivity index (χ4v) is 1.44. The number of hydrogen-bond acceptors (Lipinski definition) is 3. The lowest BCUT2D eigenvalue weighted by atomic mass is 10.1. The van der Waals surface area contributed by atoms with E-state index in [9.17, 15) is 4.79 Å². The Kier molecular flexibility index (Phi) is 2.04. The first-order valence-corrected chi connectivity index (χ1v) is 4.32. The van der Waals surface area contributed by atoms with E-state index in [1.54, 1.807) is 6.07 Å². The zero-order valence-electron chi connectivity index (χ0n) is 7.74. The van der Waals surface area contributed by atoms with E-state index >= 15 is 0 Å². The Morgan fingerprint density at radius 3 is 2.57 bits per heavy atom. The van der Waals surface area contributed by atoms with Crippen molar-refractivity contribution in [1.29, 1.82) is 0 Å². The van der Waals surface area contributed by atoms with Gasteiger partial charge in [-0.25, -0.2) is 4.79 Å². The van der Waals surface area contributed by atoms with Gasteiger partial charge in [-0.2, -0.15) is 0 Å². The summed E-state index contributed by atoms with van der Waals surface area (Å²) >= 11 is 0. The van der Waals surface area contributed by atoms with Crippen molar-refractivity contribution >= 4 is 5.97 Å². The van der Waals surface area contributed by atoms with Gasteiger partial charge in [0.1, 0.15) is 18.8 Å². The quantitative estimate of drug-likeness (QED) is 0.735. The predicted octanol–water partition coefficient (Wildman–Crippen LogP) is 1.46. The molecule has 1 aromatic rings. The maximum atomic E-state index is 10.8. The molecular weight excluding hydrogens is 184 g/mol. The summed E-state index contributed by atoms with van der Waals surface area (Å²) in [5, 5.41) is 8.90. The highest BCUT2D eigenvalue weighted by molar-refractivity contribution is 5.92. The van der Waals surface area contributed by atoms with Crippen LogP contribution in [0.5, 0.6) is 11.5 Å². The zero-order chi connectivity index (χ0) is 10.1. The largest absolute Gasteiger partial charge is 0.486 e. The summed E-state index contributed by atoms with van der Waals surface area (Å²) in [5.74, 6) is -0.0911. The Morgan fingerprint density at radius 2 is 1.93 bits per heavy atom. The van der Waals surface area contributed by atoms with Crippen LogP contribution in [-0.2, 0) is 0 Å². The lowest BCUT2D eigenvalue weighted by Gasteiger charge is -2.21. The van der Waals surface area contributed by atoms with Crippen LogP contribution in [0.25, 0.3) is 0 Å². The number of hydrogen-bond donors (Lipinski definition) is 1. The molecule has 4 heteroatoms. The second kappa shape index (κ2) is 3.21. The van der Waals surface area contributed by atoms with Crippen molar-refractivity contribution in [1.82, 2.24) is 0 Å². The first-order valence-electron chi connectivity index (χ1n) is 4.32. The molecule has 0 saturated heterocycles. The number of benzene rings is 1. The number of carboxylic acid groups (broad SMARTS) is 1. The molecule has 4 nitrogen and oxygen atoms in total. The highest BCUT2D eigenvalue weighted by Gasteiger charge is 2.21. The molecular formula is C10H10O4. The highest BCUT2D eigenvalue weighted by atomic mass is 16.6. The number of rotatable bonds is 1. The molecule has 2 rings (SSSR count). The van der Waals surface area contributed by atoms with Gasteiger partial charge in [0.05, 0.1) is 0 Å². The van der Waals surface area contributed by atoms with E-state index < -0.39 is 5.97 Å². The monoisotopic (exact) mass is 194 g/mol. The molecule has 0 atom stereocenters. The van der Waals surface area contributed by atoms with Crippen LogP contribution in [0.1, 0.15) is 15.9 Å². The Bertz CT molecular complexity index is 384. The van der Waals surface area contributed by atoms with Crippen molar-refractivity contribution in [3.63, 3.8) is 0 Å². The minimum absolute atomic E-state index is 0.158. The van der Waals surface area contributed by atoms with Crippen molar-refractivity contribution in [3.8, 4) is 11.5 Å². The van der Waals surface area contributed by atoms with Gasteiger partial charge in [-0.3, -0.25) is 0 Å². The lowest BCUT2D eigenvalue weighted by Crippen LogP contribution is -2.18. The zero-order valence-corrected chi connectivity index (χ0v) is 7.74. The number of ether oxygens (including phenoxy) is 2. The second-order valence-corrected chi connectivity index (χ2v) is 3.09. The number of aromatic carboxylic acids is 1. The van der Waals surface area contributed by atoms with E-state index in [-0.39, 0.29) is 5.56 Å². The van der Waals surface area contributed by atoms with Crippen molar-refractivity contribution < 1.29 is 19.4 Å². The van der Waals surface area contributed by atoms with Gasteiger partial charge in [-0.15, -0.1) is 0 Å². The minimum atomic E-state index is -0.994. The first kappa shape index (κ1) is 8.87. The molecule has 0 radical (unpaired) electrons. The standard InChI is InChI=1S/C10H10O4/c1-6-2-3-7(10(11)12)9-8(6)13-4-5-14-9/h2-3H,4-5H2,1H3,(H,11,12). The Labute approximate surface area is 81.1 Å². The van der Waals surface area contributed by atoms with Crippen LogP contribution in [-0.4, -0.2) is 24.3 Å². The van der Waals surface area contributed by atoms with E-state index in [0.717, 1.165) is 5.56 Å². The Balaban J connectivity index is 2.59. The molecule has 1 aromatic carbocycles. The van der Waals surface area contributed by atoms with Crippen molar-refractivity contribution in [2.45, 2.75) is 6.92 Å². The fourth-order valence-electron chi connectivity index (χ4n) is 1.44. The molecule has 1 heterocycles. The third-order valence-electron chi connectivity index (χ3n) is 2.12. The summed E-state index contributed by atoms with van der Waals surface area (Å²) in [6.07, 6.45) is 0. The average molecular weight is 194 g/mol. The number of fused-ring (bicyclic) bond motifs is 1. The van der Waals surface area contributed by atoms with E-state index in [0.29, 0.717) is 24.7 Å². The molecule has 0 unspecified atom stereocenters. The maximum Gasteiger partial charge on any atom is 0.339 e. The highest BCUT2D eigenvalue weighted by Crippen LogP contribution is 2.36. The van der Waals surface area contributed by atoms with E-state index in [1.807, 2.05) is 6.92 Å². The van der Waals surface area contributed by atoms with Crippen LogP contribution >= 0.6 is 0 Å². The van der Waals surface area contributed by atoms with Crippen LogP contribution in [0.2, 0.25) is 0 Å². The van der Waals surface area contributed by atoms with Gasteiger partial charge in [0.15, 0.2) is 11.5 Å². The normalized spacial score (nSPS) is 13.8. The lowest BCUT2D eigenvalue weighted by molar-refractivity contribution is 0.0686. The molecule has 0 aromatic heterocycles. The van der Waals surface area contributed by atoms with Crippen molar-refractivity contribution in [2.24, 2.45) is 0 Å². The molecule has 1 N–H and O–H groups in total. The molecule has 14 heavy (non-hydrogen) atoms. The minimum Gasteiger partial charge on any atom is -0.486 e. The van der Waals surface area contributed by atoms with Crippen LogP contribution in [0.3, 0.4) is 0 Å². The van der Waals surface area contributed by atoms with Gasteiger partial charge >= 0.3 is 5.97 Å². The van der Waals surface area contributed by atoms with Crippen molar-refractivity contribution in [3.05, 3.63) is 23.3 Å². The molecule has 0 amide bonds. The van der Waals surface area contributed by atoms with Gasteiger partial charge in [0.25, 0.3) is 0 Å². The van der Waals surface area contributed by atoms with Gasteiger partial charge in [-0.1, -0.05) is 6.07 Å².